The molecule has 0 amide bonds. The van der Waals surface area contributed by atoms with Gasteiger partial charge in [0.1, 0.15) is 0 Å². The molecule has 0 saturated carbocycles. The van der Waals surface area contributed by atoms with Gasteiger partial charge < -0.3 is 10.1 Å². The summed E-state index contributed by atoms with van der Waals surface area (Å²) in [7, 11) is 1.50. The molecule has 0 bridgehead atoms. The van der Waals surface area contributed by atoms with E-state index in [9.17, 15) is 0 Å². The first-order valence-electron chi connectivity index (χ1n) is 5.73. The van der Waals surface area contributed by atoms with Crippen molar-refractivity contribution in [3.8, 4) is 6.01 Å². The van der Waals surface area contributed by atoms with Crippen LogP contribution in [0.3, 0.4) is 0 Å². The summed E-state index contributed by atoms with van der Waals surface area (Å²) in [6, 6.07) is 0.518. The van der Waals surface area contributed by atoms with Crippen LogP contribution < -0.4 is 10.1 Å². The van der Waals surface area contributed by atoms with Crippen LogP contribution in [0.1, 0.15) is 33.6 Å². The highest BCUT2D eigenvalue weighted by Crippen LogP contribution is 2.14. The molecule has 0 aliphatic rings. The number of methoxy groups -OCH3 is 1. The molecular formula is C11H19ClN4O. The molecule has 1 heterocycles. The second-order valence-corrected chi connectivity index (χ2v) is 4.77. The Hall–Kier alpha value is -1.10. The lowest BCUT2D eigenvalue weighted by Gasteiger charge is -2.15. The molecule has 17 heavy (non-hydrogen) atoms. The number of nitrogens with one attached hydrogen (secondary N) is 1. The number of hydrogen-bond donors (Lipinski definition) is 1. The smallest absolute Gasteiger partial charge is 0.322 e. The highest BCUT2D eigenvalue weighted by Gasteiger charge is 2.08. The molecule has 1 rings (SSSR count). The van der Waals surface area contributed by atoms with Gasteiger partial charge >= 0.3 is 6.01 Å². The molecule has 0 spiro atoms. The van der Waals surface area contributed by atoms with Crippen molar-refractivity contribution in [3.05, 3.63) is 5.28 Å². The van der Waals surface area contributed by atoms with E-state index >= 15 is 0 Å². The van der Waals surface area contributed by atoms with Crippen LogP contribution in [-0.2, 0) is 0 Å². The molecular weight excluding hydrogens is 240 g/mol. The molecule has 1 N–H and O–H groups in total. The first-order chi connectivity index (χ1) is 8.01. The molecule has 0 fully saturated rings. The van der Waals surface area contributed by atoms with Crippen LogP contribution in [0.4, 0.5) is 5.95 Å². The predicted octanol–water partition coefficient (Wildman–Crippen LogP) is 2.77. The first kappa shape index (κ1) is 14.0. The molecule has 0 aliphatic carbocycles. The molecule has 1 aromatic heterocycles. The first-order valence-corrected chi connectivity index (χ1v) is 6.11. The van der Waals surface area contributed by atoms with Gasteiger partial charge in [0.15, 0.2) is 0 Å². The van der Waals surface area contributed by atoms with Crippen LogP contribution in [0, 0.1) is 5.92 Å². The van der Waals surface area contributed by atoms with Crippen molar-refractivity contribution in [2.75, 3.05) is 12.4 Å². The number of anilines is 1. The maximum atomic E-state index is 5.76. The number of hydrogen-bond acceptors (Lipinski definition) is 5. The number of rotatable bonds is 6. The minimum atomic E-state index is 0.135. The monoisotopic (exact) mass is 258 g/mol. The average molecular weight is 259 g/mol. The van der Waals surface area contributed by atoms with E-state index < -0.39 is 0 Å². The highest BCUT2D eigenvalue weighted by molar-refractivity contribution is 6.28. The summed E-state index contributed by atoms with van der Waals surface area (Å²) in [6.07, 6.45) is 2.22. The highest BCUT2D eigenvalue weighted by atomic mass is 35.5. The second kappa shape index (κ2) is 6.59. The summed E-state index contributed by atoms with van der Waals surface area (Å²) < 4.78 is 4.93. The van der Waals surface area contributed by atoms with Crippen molar-refractivity contribution in [1.82, 2.24) is 15.0 Å². The molecule has 5 nitrogen and oxygen atoms in total. The van der Waals surface area contributed by atoms with Crippen molar-refractivity contribution in [1.29, 1.82) is 0 Å². The molecule has 6 heteroatoms. The van der Waals surface area contributed by atoms with E-state index in [2.05, 4.69) is 41.0 Å². The summed E-state index contributed by atoms with van der Waals surface area (Å²) in [6.45, 7) is 6.50. The molecule has 1 aromatic rings. The number of ether oxygens (including phenoxy) is 1. The van der Waals surface area contributed by atoms with Gasteiger partial charge in [-0.05, 0) is 37.3 Å². The summed E-state index contributed by atoms with van der Waals surface area (Å²) in [5, 5.41) is 3.32. The average Bonchev–Trinajstić information content (AvgIpc) is 2.25. The molecule has 96 valence electrons. The fourth-order valence-electron chi connectivity index (χ4n) is 1.36. The molecule has 0 aliphatic heterocycles. The summed E-state index contributed by atoms with van der Waals surface area (Å²) in [5.74, 6) is 1.15. The molecule has 1 atom stereocenters. The molecule has 0 radical (unpaired) electrons. The van der Waals surface area contributed by atoms with Gasteiger partial charge in [0.2, 0.25) is 11.2 Å². The van der Waals surface area contributed by atoms with Crippen molar-refractivity contribution in [3.63, 3.8) is 0 Å². The van der Waals surface area contributed by atoms with Crippen LogP contribution in [0.15, 0.2) is 0 Å². The zero-order valence-electron chi connectivity index (χ0n) is 10.7. The summed E-state index contributed by atoms with van der Waals surface area (Å²) in [4.78, 5) is 11.9. The lowest BCUT2D eigenvalue weighted by atomic mass is 10.0. The Kier molecular flexibility index (Phi) is 5.41. The minimum Gasteiger partial charge on any atom is -0.467 e. The number of aromatic nitrogens is 3. The van der Waals surface area contributed by atoms with E-state index in [1.165, 1.54) is 7.11 Å². The van der Waals surface area contributed by atoms with Crippen molar-refractivity contribution in [2.24, 2.45) is 5.92 Å². The van der Waals surface area contributed by atoms with E-state index in [0.717, 1.165) is 12.8 Å². The standard InChI is InChI=1S/C11H19ClN4O/c1-7(2)5-6-8(3)13-10-14-9(12)15-11(16-10)17-4/h7-8H,5-6H2,1-4H3,(H,13,14,15,16). The van der Waals surface area contributed by atoms with Gasteiger partial charge in [-0.25, -0.2) is 0 Å². The maximum Gasteiger partial charge on any atom is 0.322 e. The van der Waals surface area contributed by atoms with Gasteiger partial charge in [0.25, 0.3) is 0 Å². The minimum absolute atomic E-state index is 0.135. The van der Waals surface area contributed by atoms with Gasteiger partial charge in [-0.2, -0.15) is 15.0 Å². The van der Waals surface area contributed by atoms with E-state index in [-0.39, 0.29) is 11.3 Å². The normalized spacial score (nSPS) is 12.6. The fraction of sp³-hybridized carbons (Fsp3) is 0.727. The Morgan fingerprint density at radius 3 is 2.47 bits per heavy atom. The zero-order chi connectivity index (χ0) is 12.8. The Morgan fingerprint density at radius 1 is 1.18 bits per heavy atom. The third-order valence-electron chi connectivity index (χ3n) is 2.32. The SMILES string of the molecule is COc1nc(Cl)nc(NC(C)CCC(C)C)n1. The summed E-state index contributed by atoms with van der Waals surface area (Å²) >= 11 is 5.76. The van der Waals surface area contributed by atoms with E-state index in [0.29, 0.717) is 17.9 Å². The Labute approximate surface area is 107 Å². The molecule has 0 aromatic carbocycles. The van der Waals surface area contributed by atoms with Gasteiger partial charge in [-0.15, -0.1) is 0 Å². The largest absolute Gasteiger partial charge is 0.467 e. The molecule has 0 saturated heterocycles. The quantitative estimate of drug-likeness (QED) is 0.850. The lowest BCUT2D eigenvalue weighted by Crippen LogP contribution is -2.18. The number of nitrogens with zero attached hydrogens (tertiary/aromatic N) is 3. The maximum absolute atomic E-state index is 5.76. The van der Waals surface area contributed by atoms with E-state index in [1.54, 1.807) is 0 Å². The van der Waals surface area contributed by atoms with Crippen LogP contribution in [-0.4, -0.2) is 28.1 Å². The lowest BCUT2D eigenvalue weighted by molar-refractivity contribution is 0.378. The van der Waals surface area contributed by atoms with Gasteiger partial charge in [0, 0.05) is 6.04 Å². The van der Waals surface area contributed by atoms with Crippen molar-refractivity contribution < 1.29 is 4.74 Å². The second-order valence-electron chi connectivity index (χ2n) is 4.43. The van der Waals surface area contributed by atoms with Gasteiger partial charge in [-0.1, -0.05) is 13.8 Å². The third-order valence-corrected chi connectivity index (χ3v) is 2.49. The Balaban J connectivity index is 2.58. The van der Waals surface area contributed by atoms with E-state index in [1.807, 2.05) is 0 Å². The van der Waals surface area contributed by atoms with Gasteiger partial charge in [0.05, 0.1) is 7.11 Å². The topological polar surface area (TPSA) is 59.9 Å². The zero-order valence-corrected chi connectivity index (χ0v) is 11.5. The van der Waals surface area contributed by atoms with Crippen molar-refractivity contribution in [2.45, 2.75) is 39.7 Å². The fourth-order valence-corrected chi connectivity index (χ4v) is 1.52. The number of halogens is 1. The summed E-state index contributed by atoms with van der Waals surface area (Å²) in [5.41, 5.74) is 0. The van der Waals surface area contributed by atoms with Gasteiger partial charge in [-0.3, -0.25) is 0 Å². The van der Waals surface area contributed by atoms with Crippen LogP contribution in [0.25, 0.3) is 0 Å². The van der Waals surface area contributed by atoms with Crippen LogP contribution >= 0.6 is 11.6 Å². The Bertz CT molecular complexity index is 359. The van der Waals surface area contributed by atoms with Crippen LogP contribution in [0.2, 0.25) is 5.28 Å². The Morgan fingerprint density at radius 2 is 1.88 bits per heavy atom. The molecule has 1 unspecified atom stereocenters. The van der Waals surface area contributed by atoms with Crippen LogP contribution in [0.5, 0.6) is 6.01 Å². The predicted molar refractivity (Wildman–Crippen MR) is 68.5 cm³/mol. The van der Waals surface area contributed by atoms with Crippen molar-refractivity contribution >= 4 is 17.5 Å². The van der Waals surface area contributed by atoms with E-state index in [4.69, 9.17) is 16.3 Å². The third kappa shape index (κ3) is 5.17.